The molecule has 150 valence electrons. The fraction of sp³-hybridized carbons (Fsp3) is 0.882. The molecule has 2 saturated heterocycles. The van der Waals surface area contributed by atoms with Crippen LogP contribution in [0.2, 0.25) is 0 Å². The van der Waals surface area contributed by atoms with E-state index in [-0.39, 0.29) is 41.3 Å². The molecular weight excluding hydrogens is 374 g/mol. The minimum atomic E-state index is -3.03. The average molecular weight is 406 g/mol. The summed E-state index contributed by atoms with van der Waals surface area (Å²) in [5, 5.41) is 2.96. The molecule has 2 fully saturated rings. The summed E-state index contributed by atoms with van der Waals surface area (Å²) in [5.74, 6) is 0.748. The number of likely N-dealkylation sites (tertiary alicyclic amines) is 1. The van der Waals surface area contributed by atoms with E-state index in [2.05, 4.69) is 26.1 Å². The van der Waals surface area contributed by atoms with E-state index in [1.165, 1.54) is 0 Å². The Hall–Kier alpha value is -0.960. The summed E-state index contributed by atoms with van der Waals surface area (Å²) in [6.07, 6.45) is 2.46. The van der Waals surface area contributed by atoms with Crippen LogP contribution < -0.4 is 5.32 Å². The van der Waals surface area contributed by atoms with Gasteiger partial charge in [-0.2, -0.15) is 11.8 Å². The molecule has 2 aliphatic heterocycles. The normalized spacial score (nSPS) is 23.6. The van der Waals surface area contributed by atoms with E-state index in [0.717, 1.165) is 18.6 Å². The highest BCUT2D eigenvalue weighted by Gasteiger charge is 2.36. The predicted molar refractivity (Wildman–Crippen MR) is 105 cm³/mol. The van der Waals surface area contributed by atoms with Crippen LogP contribution in [0.15, 0.2) is 0 Å². The summed E-state index contributed by atoms with van der Waals surface area (Å²) < 4.78 is 23.3. The molecule has 1 atom stereocenters. The lowest BCUT2D eigenvalue weighted by Crippen LogP contribution is -2.57. The van der Waals surface area contributed by atoms with Crippen molar-refractivity contribution in [3.8, 4) is 0 Å². The number of hydrogen-bond donors (Lipinski definition) is 1. The second-order valence-electron chi connectivity index (χ2n) is 7.88. The second kappa shape index (κ2) is 8.82. The molecule has 2 heterocycles. The van der Waals surface area contributed by atoms with E-state index in [9.17, 15) is 18.0 Å². The Labute approximate surface area is 161 Å². The Morgan fingerprint density at radius 1 is 1.12 bits per heavy atom. The van der Waals surface area contributed by atoms with Gasteiger partial charge in [0, 0.05) is 36.7 Å². The third kappa shape index (κ3) is 6.33. The van der Waals surface area contributed by atoms with Gasteiger partial charge in [0.25, 0.3) is 0 Å². The molecule has 0 aromatic carbocycles. The van der Waals surface area contributed by atoms with Gasteiger partial charge in [0.2, 0.25) is 5.91 Å². The number of carbonyl (C=O) groups excluding carboxylic acids is 2. The number of sulfone groups is 1. The standard InChI is InChI=1S/C17H31N3O4S2/c1-17(2,3)25-11-7-18-15(21)14-6-4-5-8-20(14)16(22)19-9-12-26(23,24)13-10-19/h14H,4-13H2,1-3H3,(H,18,21)/t14-/m0/s1. The Morgan fingerprint density at radius 3 is 2.38 bits per heavy atom. The molecule has 0 aliphatic carbocycles. The smallest absolute Gasteiger partial charge is 0.320 e. The zero-order chi connectivity index (χ0) is 19.4. The monoisotopic (exact) mass is 405 g/mol. The van der Waals surface area contributed by atoms with Gasteiger partial charge in [-0.05, 0) is 19.3 Å². The number of nitrogens with zero attached hydrogens (tertiary/aromatic N) is 2. The number of urea groups is 1. The van der Waals surface area contributed by atoms with Crippen molar-refractivity contribution < 1.29 is 18.0 Å². The van der Waals surface area contributed by atoms with E-state index in [0.29, 0.717) is 19.5 Å². The highest BCUT2D eigenvalue weighted by atomic mass is 32.2. The van der Waals surface area contributed by atoms with E-state index in [1.54, 1.807) is 21.6 Å². The van der Waals surface area contributed by atoms with Crippen LogP contribution >= 0.6 is 11.8 Å². The van der Waals surface area contributed by atoms with Crippen molar-refractivity contribution in [2.75, 3.05) is 43.4 Å². The average Bonchev–Trinajstić information content (AvgIpc) is 2.57. The van der Waals surface area contributed by atoms with Crippen LogP contribution in [0.5, 0.6) is 0 Å². The van der Waals surface area contributed by atoms with Crippen molar-refractivity contribution in [1.29, 1.82) is 0 Å². The molecule has 9 heteroatoms. The highest BCUT2D eigenvalue weighted by molar-refractivity contribution is 8.00. The lowest BCUT2D eigenvalue weighted by molar-refractivity contribution is -0.126. The van der Waals surface area contributed by atoms with Gasteiger partial charge in [-0.25, -0.2) is 13.2 Å². The quantitative estimate of drug-likeness (QED) is 0.713. The van der Waals surface area contributed by atoms with Gasteiger partial charge < -0.3 is 15.1 Å². The molecule has 0 saturated carbocycles. The zero-order valence-corrected chi connectivity index (χ0v) is 17.6. The van der Waals surface area contributed by atoms with Crippen molar-refractivity contribution in [3.63, 3.8) is 0 Å². The number of rotatable bonds is 4. The Kier molecular flexibility index (Phi) is 7.24. The summed E-state index contributed by atoms with van der Waals surface area (Å²) in [7, 11) is -3.03. The van der Waals surface area contributed by atoms with Gasteiger partial charge in [0.1, 0.15) is 6.04 Å². The molecule has 2 rings (SSSR count). The molecule has 7 nitrogen and oxygen atoms in total. The largest absolute Gasteiger partial charge is 0.353 e. The molecule has 3 amide bonds. The van der Waals surface area contributed by atoms with E-state index in [1.807, 2.05) is 0 Å². The Morgan fingerprint density at radius 2 is 1.77 bits per heavy atom. The van der Waals surface area contributed by atoms with Gasteiger partial charge in [0.15, 0.2) is 9.84 Å². The maximum atomic E-state index is 12.8. The van der Waals surface area contributed by atoms with E-state index < -0.39 is 15.9 Å². The first kappa shape index (κ1) is 21.3. The lowest BCUT2D eigenvalue weighted by Gasteiger charge is -2.39. The fourth-order valence-corrected chi connectivity index (χ4v) is 5.19. The summed E-state index contributed by atoms with van der Waals surface area (Å²) in [4.78, 5) is 28.6. The Bertz CT molecular complexity index is 602. The van der Waals surface area contributed by atoms with Crippen molar-refractivity contribution in [1.82, 2.24) is 15.1 Å². The molecule has 0 radical (unpaired) electrons. The molecule has 0 bridgehead atoms. The van der Waals surface area contributed by atoms with Crippen LogP contribution in [0.1, 0.15) is 40.0 Å². The van der Waals surface area contributed by atoms with Crippen LogP contribution in [0, 0.1) is 0 Å². The molecule has 26 heavy (non-hydrogen) atoms. The SMILES string of the molecule is CC(C)(C)SCCNC(=O)[C@@H]1CCCCN1C(=O)N1CCS(=O)(=O)CC1. The molecule has 2 aliphatic rings. The van der Waals surface area contributed by atoms with E-state index >= 15 is 0 Å². The number of thioether (sulfide) groups is 1. The van der Waals surface area contributed by atoms with Crippen LogP contribution in [0.25, 0.3) is 0 Å². The first-order chi connectivity index (χ1) is 12.1. The summed E-state index contributed by atoms with van der Waals surface area (Å²) >= 11 is 1.79. The minimum absolute atomic E-state index is 0.00741. The topological polar surface area (TPSA) is 86.8 Å². The lowest BCUT2D eigenvalue weighted by atomic mass is 10.0. The Balaban J connectivity index is 1.89. The maximum Gasteiger partial charge on any atom is 0.320 e. The third-order valence-corrected chi connectivity index (χ3v) is 7.49. The first-order valence-corrected chi connectivity index (χ1v) is 12.1. The van der Waals surface area contributed by atoms with Gasteiger partial charge in [-0.1, -0.05) is 20.8 Å². The number of piperidine rings is 1. The summed E-state index contributed by atoms with van der Waals surface area (Å²) in [6.45, 7) is 7.99. The molecule has 1 N–H and O–H groups in total. The number of carbonyl (C=O) groups is 2. The van der Waals surface area contributed by atoms with Crippen LogP contribution in [0.4, 0.5) is 4.79 Å². The third-order valence-electron chi connectivity index (χ3n) is 4.60. The number of nitrogens with one attached hydrogen (secondary N) is 1. The number of hydrogen-bond acceptors (Lipinski definition) is 5. The van der Waals surface area contributed by atoms with Crippen molar-refractivity contribution in [3.05, 3.63) is 0 Å². The van der Waals surface area contributed by atoms with Crippen LogP contribution in [-0.4, -0.2) is 84.4 Å². The maximum absolute atomic E-state index is 12.8. The van der Waals surface area contributed by atoms with Crippen molar-refractivity contribution in [2.24, 2.45) is 0 Å². The van der Waals surface area contributed by atoms with Crippen molar-refractivity contribution in [2.45, 2.75) is 50.8 Å². The fourth-order valence-electron chi connectivity index (χ4n) is 3.17. The summed E-state index contributed by atoms with van der Waals surface area (Å²) in [5.41, 5.74) is 0. The minimum Gasteiger partial charge on any atom is -0.353 e. The molecule has 0 aromatic heterocycles. The van der Waals surface area contributed by atoms with Gasteiger partial charge in [0.05, 0.1) is 11.5 Å². The van der Waals surface area contributed by atoms with E-state index in [4.69, 9.17) is 0 Å². The van der Waals surface area contributed by atoms with Gasteiger partial charge >= 0.3 is 6.03 Å². The molecule has 0 spiro atoms. The molecule has 0 unspecified atom stereocenters. The van der Waals surface area contributed by atoms with Crippen molar-refractivity contribution >= 4 is 33.5 Å². The van der Waals surface area contributed by atoms with Gasteiger partial charge in [-0.3, -0.25) is 4.79 Å². The second-order valence-corrected chi connectivity index (χ2v) is 12.1. The predicted octanol–water partition coefficient (Wildman–Crippen LogP) is 1.34. The van der Waals surface area contributed by atoms with Crippen LogP contribution in [0.3, 0.4) is 0 Å². The van der Waals surface area contributed by atoms with Crippen LogP contribution in [-0.2, 0) is 14.6 Å². The number of amides is 3. The molecular formula is C17H31N3O4S2. The first-order valence-electron chi connectivity index (χ1n) is 9.27. The van der Waals surface area contributed by atoms with Gasteiger partial charge in [-0.15, -0.1) is 0 Å². The summed E-state index contributed by atoms with van der Waals surface area (Å²) in [6, 6.07) is -0.654. The molecule has 0 aromatic rings. The highest BCUT2D eigenvalue weighted by Crippen LogP contribution is 2.23. The zero-order valence-electron chi connectivity index (χ0n) is 16.0.